The second-order valence-electron chi connectivity index (χ2n) is 7.57. The number of amides is 1. The third-order valence-electron chi connectivity index (χ3n) is 5.15. The zero-order valence-corrected chi connectivity index (χ0v) is 20.6. The number of ether oxygens (including phenoxy) is 1. The summed E-state index contributed by atoms with van der Waals surface area (Å²) in [5.41, 5.74) is 10.1. The number of anilines is 2. The van der Waals surface area contributed by atoms with Crippen molar-refractivity contribution in [2.24, 2.45) is 0 Å². The highest BCUT2D eigenvalue weighted by Gasteiger charge is 2.24. The van der Waals surface area contributed by atoms with Crippen molar-refractivity contribution >= 4 is 40.8 Å². The summed E-state index contributed by atoms with van der Waals surface area (Å²) in [4.78, 5) is 17.3. The second-order valence-corrected chi connectivity index (χ2v) is 8.77. The van der Waals surface area contributed by atoms with Crippen molar-refractivity contribution in [3.05, 3.63) is 52.5 Å². The molecule has 0 aliphatic heterocycles. The first kappa shape index (κ1) is 23.7. The molecule has 0 saturated carbocycles. The van der Waals surface area contributed by atoms with Crippen LogP contribution < -0.4 is 15.8 Å². The van der Waals surface area contributed by atoms with Gasteiger partial charge in [0.05, 0.1) is 12.8 Å². The van der Waals surface area contributed by atoms with Crippen LogP contribution in [0.25, 0.3) is 22.8 Å². The van der Waals surface area contributed by atoms with Crippen LogP contribution in [0.5, 0.6) is 5.75 Å². The van der Waals surface area contributed by atoms with Gasteiger partial charge in [-0.1, -0.05) is 46.6 Å². The third-order valence-corrected chi connectivity index (χ3v) is 6.23. The Bertz CT molecular complexity index is 1350. The molecule has 0 atom stereocenters. The smallest absolute Gasteiger partial charge is 0.264 e. The molecule has 0 radical (unpaired) electrons. The van der Waals surface area contributed by atoms with E-state index >= 15 is 0 Å². The van der Waals surface area contributed by atoms with Gasteiger partial charge in [0.2, 0.25) is 11.7 Å². The van der Waals surface area contributed by atoms with Gasteiger partial charge in [-0.15, -0.1) is 11.8 Å². The van der Waals surface area contributed by atoms with Gasteiger partial charge < -0.3 is 20.3 Å². The van der Waals surface area contributed by atoms with Gasteiger partial charge in [-0.3, -0.25) is 4.79 Å². The van der Waals surface area contributed by atoms with Crippen molar-refractivity contribution in [2.75, 3.05) is 24.4 Å². The van der Waals surface area contributed by atoms with E-state index in [1.807, 2.05) is 44.4 Å². The van der Waals surface area contributed by atoms with E-state index in [9.17, 15) is 4.79 Å². The monoisotopic (exact) mass is 498 g/mol. The average molecular weight is 499 g/mol. The summed E-state index contributed by atoms with van der Waals surface area (Å²) in [7, 11) is 1.51. The van der Waals surface area contributed by atoms with Crippen LogP contribution in [-0.4, -0.2) is 39.2 Å². The molecule has 0 unspecified atom stereocenters. The third kappa shape index (κ3) is 4.73. The van der Waals surface area contributed by atoms with Gasteiger partial charge in [0.15, 0.2) is 0 Å². The molecule has 0 saturated heterocycles. The summed E-state index contributed by atoms with van der Waals surface area (Å²) >= 11 is 7.52. The van der Waals surface area contributed by atoms with Crippen molar-refractivity contribution in [3.8, 4) is 28.6 Å². The summed E-state index contributed by atoms with van der Waals surface area (Å²) in [6, 6.07) is 11.2. The summed E-state index contributed by atoms with van der Waals surface area (Å²) in [6.07, 6.45) is 1.86. The van der Waals surface area contributed by atoms with Crippen molar-refractivity contribution in [1.82, 2.24) is 19.9 Å². The summed E-state index contributed by atoms with van der Waals surface area (Å²) in [6.45, 7) is 3.73. The van der Waals surface area contributed by atoms with Crippen molar-refractivity contribution < 1.29 is 14.1 Å². The quantitative estimate of drug-likeness (QED) is 0.348. The first-order chi connectivity index (χ1) is 16.3. The predicted octanol–water partition coefficient (Wildman–Crippen LogP) is 4.82. The van der Waals surface area contributed by atoms with Crippen molar-refractivity contribution in [1.29, 1.82) is 0 Å². The fourth-order valence-electron chi connectivity index (χ4n) is 3.32. The minimum Gasteiger partial charge on any atom is -0.495 e. The lowest BCUT2D eigenvalue weighted by Crippen LogP contribution is -2.21. The minimum atomic E-state index is -0.334. The number of nitrogens with zero attached hydrogens (tertiary/aromatic N) is 4. The average Bonchev–Trinajstić information content (AvgIpc) is 3.41. The molecule has 4 aromatic rings. The van der Waals surface area contributed by atoms with Gasteiger partial charge in [-0.25, -0.2) is 4.68 Å². The molecule has 0 spiro atoms. The molecule has 11 heteroatoms. The zero-order chi connectivity index (χ0) is 24.4. The fourth-order valence-corrected chi connectivity index (χ4v) is 4.05. The molecule has 2 heterocycles. The minimum absolute atomic E-state index is 0.122. The second kappa shape index (κ2) is 9.78. The normalized spacial score (nSPS) is 11.0. The Morgan fingerprint density at radius 2 is 2.00 bits per heavy atom. The van der Waals surface area contributed by atoms with Crippen LogP contribution in [0.1, 0.15) is 11.1 Å². The molecule has 0 bridgehead atoms. The Labute approximate surface area is 205 Å². The van der Waals surface area contributed by atoms with Crippen LogP contribution in [0.15, 0.2) is 45.9 Å². The number of nitrogens with one attached hydrogen (secondary N) is 1. The molecule has 4 rings (SSSR count). The van der Waals surface area contributed by atoms with Gasteiger partial charge in [-0.05, 0) is 31.7 Å². The molecule has 2 aromatic heterocycles. The number of hydrogen-bond donors (Lipinski definition) is 2. The number of benzene rings is 2. The van der Waals surface area contributed by atoms with E-state index in [4.69, 9.17) is 26.6 Å². The number of rotatable bonds is 7. The number of hydrogen-bond acceptors (Lipinski definition) is 8. The van der Waals surface area contributed by atoms with Gasteiger partial charge in [-0.2, -0.15) is 10.1 Å². The van der Waals surface area contributed by atoms with E-state index in [0.717, 1.165) is 16.7 Å². The number of nitrogen functional groups attached to an aromatic ring is 1. The fraction of sp³-hybridized carbons (Fsp3) is 0.217. The Morgan fingerprint density at radius 1 is 1.26 bits per heavy atom. The van der Waals surface area contributed by atoms with Crippen LogP contribution >= 0.6 is 23.4 Å². The van der Waals surface area contributed by atoms with Gasteiger partial charge in [0, 0.05) is 16.7 Å². The van der Waals surface area contributed by atoms with Crippen molar-refractivity contribution in [3.63, 3.8) is 0 Å². The highest BCUT2D eigenvalue weighted by Crippen LogP contribution is 2.35. The SMILES string of the molecule is COc1cc(Cl)c(C)cc1NC(=O)Cn1nc(SC)c(-c2nc(-c3ccc(C)cc3)no2)c1N. The first-order valence-electron chi connectivity index (χ1n) is 10.3. The molecule has 2 aromatic carbocycles. The highest BCUT2D eigenvalue weighted by atomic mass is 35.5. The van der Waals surface area contributed by atoms with Crippen LogP contribution in [0, 0.1) is 13.8 Å². The van der Waals surface area contributed by atoms with E-state index in [0.29, 0.717) is 32.9 Å². The Morgan fingerprint density at radius 3 is 2.68 bits per heavy atom. The maximum Gasteiger partial charge on any atom is 0.264 e. The Hall–Kier alpha value is -3.50. The Kier molecular flexibility index (Phi) is 6.80. The molecule has 9 nitrogen and oxygen atoms in total. The van der Waals surface area contributed by atoms with Gasteiger partial charge >= 0.3 is 0 Å². The molecular formula is C23H23ClN6O3S. The molecule has 0 aliphatic rings. The molecule has 34 heavy (non-hydrogen) atoms. The van der Waals surface area contributed by atoms with Crippen LogP contribution in [0.2, 0.25) is 5.02 Å². The number of carbonyl (C=O) groups is 1. The molecule has 1 amide bonds. The number of aromatic nitrogens is 4. The summed E-state index contributed by atoms with van der Waals surface area (Å²) < 4.78 is 12.2. The standard InChI is InChI=1S/C23H23ClN6O3S/c1-12-5-7-14(8-6-12)21-27-22(33-29-21)19-20(25)30(28-23(19)34-4)11-18(31)26-16-9-13(2)15(24)10-17(16)32-3/h5-10H,11,25H2,1-4H3,(H,26,31). The van der Waals surface area contributed by atoms with Gasteiger partial charge in [0.25, 0.3) is 5.89 Å². The van der Waals surface area contributed by atoms with Crippen LogP contribution in [0.4, 0.5) is 11.5 Å². The Balaban J connectivity index is 1.59. The molecule has 3 N–H and O–H groups in total. The van der Waals surface area contributed by atoms with Gasteiger partial charge in [0.1, 0.15) is 28.7 Å². The number of nitrogens with two attached hydrogens (primary N) is 1. The maximum atomic E-state index is 12.8. The lowest BCUT2D eigenvalue weighted by molar-refractivity contribution is -0.116. The summed E-state index contributed by atoms with van der Waals surface area (Å²) in [5, 5.41) is 12.5. The van der Waals surface area contributed by atoms with E-state index < -0.39 is 0 Å². The van der Waals surface area contributed by atoms with Crippen LogP contribution in [-0.2, 0) is 11.3 Å². The highest BCUT2D eigenvalue weighted by molar-refractivity contribution is 7.98. The largest absolute Gasteiger partial charge is 0.495 e. The zero-order valence-electron chi connectivity index (χ0n) is 19.0. The van der Waals surface area contributed by atoms with Crippen molar-refractivity contribution in [2.45, 2.75) is 25.4 Å². The lowest BCUT2D eigenvalue weighted by atomic mass is 10.1. The lowest BCUT2D eigenvalue weighted by Gasteiger charge is -2.12. The first-order valence-corrected chi connectivity index (χ1v) is 11.9. The molecule has 0 fully saturated rings. The number of methoxy groups -OCH3 is 1. The van der Waals surface area contributed by atoms with E-state index in [2.05, 4.69) is 20.6 Å². The maximum absolute atomic E-state index is 12.8. The molecular weight excluding hydrogens is 476 g/mol. The number of carbonyl (C=O) groups excluding carboxylic acids is 1. The molecule has 176 valence electrons. The van der Waals surface area contributed by atoms with E-state index in [-0.39, 0.29) is 24.2 Å². The predicted molar refractivity (Wildman–Crippen MR) is 133 cm³/mol. The number of thioether (sulfide) groups is 1. The topological polar surface area (TPSA) is 121 Å². The molecule has 0 aliphatic carbocycles. The summed E-state index contributed by atoms with van der Waals surface area (Å²) in [5.74, 6) is 1.05. The number of aryl methyl sites for hydroxylation is 2. The van der Waals surface area contributed by atoms with Crippen LogP contribution in [0.3, 0.4) is 0 Å². The van der Waals surface area contributed by atoms with E-state index in [1.54, 1.807) is 12.1 Å². The number of halogens is 1. The van der Waals surface area contributed by atoms with E-state index in [1.165, 1.54) is 23.6 Å².